The molecule has 1 atom stereocenters. The van der Waals surface area contributed by atoms with Gasteiger partial charge in [-0.3, -0.25) is 19.8 Å². The molecule has 1 amide bonds. The third-order valence-corrected chi connectivity index (χ3v) is 5.02. The first-order valence-corrected chi connectivity index (χ1v) is 8.91. The number of hydrogen-bond acceptors (Lipinski definition) is 6. The second-order valence-electron chi connectivity index (χ2n) is 5.87. The molecule has 3 rings (SSSR count). The smallest absolute Gasteiger partial charge is 0.296 e. The van der Waals surface area contributed by atoms with Crippen molar-refractivity contribution in [1.82, 2.24) is 4.90 Å². The number of hydrogen-bond donors (Lipinski definition) is 1. The average Bonchev–Trinajstić information content (AvgIpc) is 3.26. The number of benzene rings is 1. The summed E-state index contributed by atoms with van der Waals surface area (Å²) in [6.45, 7) is 1.06. The number of carbonyl (C=O) groups is 1. The fourth-order valence-electron chi connectivity index (χ4n) is 3.13. The number of rotatable bonds is 6. The van der Waals surface area contributed by atoms with Crippen molar-refractivity contribution in [2.24, 2.45) is 0 Å². The number of carbonyl (C=O) groups excluding carboxylic acids is 1. The van der Waals surface area contributed by atoms with Crippen LogP contribution in [0, 0.1) is 10.1 Å². The van der Waals surface area contributed by atoms with Crippen molar-refractivity contribution >= 4 is 28.6 Å². The Balaban J connectivity index is 1.69. The van der Waals surface area contributed by atoms with E-state index >= 15 is 0 Å². The zero-order chi connectivity index (χ0) is 17.8. The van der Waals surface area contributed by atoms with Crippen molar-refractivity contribution in [2.75, 3.05) is 25.5 Å². The summed E-state index contributed by atoms with van der Waals surface area (Å²) < 4.78 is 5.00. The zero-order valence-corrected chi connectivity index (χ0v) is 14.6. The standard InChI is InChI=1S/C17H19N3O4S/c1-24-13-4-5-14(16(9-13)20(22)23)18-17(21)10-19-7-2-3-15(19)12-6-8-25-11-12/h4-6,8-9,11,15H,2-3,7,10H2,1H3,(H,18,21). The predicted octanol–water partition coefficient (Wildman–Crippen LogP) is 3.44. The van der Waals surface area contributed by atoms with Crippen LogP contribution in [0.4, 0.5) is 11.4 Å². The average molecular weight is 361 g/mol. The maximum atomic E-state index is 12.4. The van der Waals surface area contributed by atoms with Crippen molar-refractivity contribution < 1.29 is 14.5 Å². The summed E-state index contributed by atoms with van der Waals surface area (Å²) in [5, 5.41) is 18.0. The summed E-state index contributed by atoms with van der Waals surface area (Å²) >= 11 is 1.64. The van der Waals surface area contributed by atoms with E-state index in [1.807, 2.05) is 5.38 Å². The number of likely N-dealkylation sites (tertiary alicyclic amines) is 1. The molecule has 1 fully saturated rings. The van der Waals surface area contributed by atoms with Crippen LogP contribution in [0.15, 0.2) is 35.0 Å². The van der Waals surface area contributed by atoms with Gasteiger partial charge in [-0.05, 0) is 53.9 Å². The molecule has 0 saturated carbocycles. The van der Waals surface area contributed by atoms with E-state index in [2.05, 4.69) is 21.7 Å². The normalized spacial score (nSPS) is 17.4. The highest BCUT2D eigenvalue weighted by Crippen LogP contribution is 2.33. The molecule has 132 valence electrons. The van der Waals surface area contributed by atoms with E-state index in [4.69, 9.17) is 4.74 Å². The van der Waals surface area contributed by atoms with Crippen molar-refractivity contribution in [3.8, 4) is 5.75 Å². The van der Waals surface area contributed by atoms with E-state index in [1.165, 1.54) is 24.8 Å². The highest BCUT2D eigenvalue weighted by atomic mass is 32.1. The Labute approximate surface area is 149 Å². The van der Waals surface area contributed by atoms with Crippen molar-refractivity contribution in [3.63, 3.8) is 0 Å². The Morgan fingerprint density at radius 2 is 2.32 bits per heavy atom. The van der Waals surface area contributed by atoms with Crippen LogP contribution < -0.4 is 10.1 Å². The quantitative estimate of drug-likeness (QED) is 0.629. The van der Waals surface area contributed by atoms with E-state index < -0.39 is 4.92 Å². The van der Waals surface area contributed by atoms with Gasteiger partial charge in [-0.2, -0.15) is 11.3 Å². The predicted molar refractivity (Wildman–Crippen MR) is 96.1 cm³/mol. The minimum Gasteiger partial charge on any atom is -0.496 e. The second kappa shape index (κ2) is 7.62. The topological polar surface area (TPSA) is 84.7 Å². The molecular formula is C17H19N3O4S. The van der Waals surface area contributed by atoms with Crippen LogP contribution in [-0.4, -0.2) is 35.9 Å². The number of thiophene rings is 1. The molecule has 0 radical (unpaired) electrons. The van der Waals surface area contributed by atoms with Gasteiger partial charge in [0, 0.05) is 6.04 Å². The molecule has 1 aromatic heterocycles. The first-order valence-electron chi connectivity index (χ1n) is 7.97. The van der Waals surface area contributed by atoms with Crippen molar-refractivity contribution in [3.05, 3.63) is 50.7 Å². The van der Waals surface area contributed by atoms with Crippen molar-refractivity contribution in [1.29, 1.82) is 0 Å². The minimum atomic E-state index is -0.526. The Bertz CT molecular complexity index is 763. The number of nitro groups is 1. The van der Waals surface area contributed by atoms with Crippen LogP contribution in [0.2, 0.25) is 0 Å². The largest absolute Gasteiger partial charge is 0.496 e. The molecule has 1 aliphatic rings. The molecule has 0 aliphatic carbocycles. The van der Waals surface area contributed by atoms with Crippen LogP contribution in [-0.2, 0) is 4.79 Å². The van der Waals surface area contributed by atoms with Gasteiger partial charge in [0.1, 0.15) is 11.4 Å². The van der Waals surface area contributed by atoms with Crippen LogP contribution in [0.25, 0.3) is 0 Å². The molecule has 0 bridgehead atoms. The van der Waals surface area contributed by atoms with E-state index in [0.29, 0.717) is 5.75 Å². The fourth-order valence-corrected chi connectivity index (χ4v) is 3.83. The van der Waals surface area contributed by atoms with Gasteiger partial charge in [-0.1, -0.05) is 0 Å². The summed E-state index contributed by atoms with van der Waals surface area (Å²) in [6.07, 6.45) is 2.06. The number of nitro benzene ring substituents is 1. The number of anilines is 1. The lowest BCUT2D eigenvalue weighted by atomic mass is 10.1. The van der Waals surface area contributed by atoms with E-state index in [-0.39, 0.29) is 29.9 Å². The lowest BCUT2D eigenvalue weighted by Crippen LogP contribution is -2.32. The van der Waals surface area contributed by atoms with Gasteiger partial charge in [0.25, 0.3) is 5.69 Å². The maximum Gasteiger partial charge on any atom is 0.296 e. The molecule has 1 unspecified atom stereocenters. The Morgan fingerprint density at radius 3 is 3.00 bits per heavy atom. The van der Waals surface area contributed by atoms with Crippen LogP contribution in [0.1, 0.15) is 24.4 Å². The number of amides is 1. The molecular weight excluding hydrogens is 342 g/mol. The van der Waals surface area contributed by atoms with Crippen LogP contribution in [0.3, 0.4) is 0 Å². The second-order valence-corrected chi connectivity index (χ2v) is 6.65. The molecule has 25 heavy (non-hydrogen) atoms. The van der Waals surface area contributed by atoms with Gasteiger partial charge in [0.05, 0.1) is 24.6 Å². The number of nitrogens with one attached hydrogen (secondary N) is 1. The first kappa shape index (κ1) is 17.4. The Morgan fingerprint density at radius 1 is 1.48 bits per heavy atom. The van der Waals surface area contributed by atoms with Crippen LogP contribution >= 0.6 is 11.3 Å². The van der Waals surface area contributed by atoms with Gasteiger partial charge in [0.2, 0.25) is 5.91 Å². The molecule has 1 saturated heterocycles. The zero-order valence-electron chi connectivity index (χ0n) is 13.8. The summed E-state index contributed by atoms with van der Waals surface area (Å²) in [7, 11) is 1.44. The molecule has 2 aromatic rings. The molecule has 1 N–H and O–H groups in total. The van der Waals surface area contributed by atoms with Gasteiger partial charge in [-0.25, -0.2) is 0 Å². The SMILES string of the molecule is COc1ccc(NC(=O)CN2CCCC2c2ccsc2)c([N+](=O)[O-])c1. The minimum absolute atomic E-state index is 0.177. The van der Waals surface area contributed by atoms with Gasteiger partial charge < -0.3 is 10.1 Å². The molecule has 0 spiro atoms. The van der Waals surface area contributed by atoms with Crippen LogP contribution in [0.5, 0.6) is 5.75 Å². The Kier molecular flexibility index (Phi) is 5.30. The number of methoxy groups -OCH3 is 1. The highest BCUT2D eigenvalue weighted by Gasteiger charge is 2.28. The van der Waals surface area contributed by atoms with E-state index in [0.717, 1.165) is 19.4 Å². The van der Waals surface area contributed by atoms with Crippen molar-refractivity contribution in [2.45, 2.75) is 18.9 Å². The number of nitrogens with zero attached hydrogens (tertiary/aromatic N) is 2. The number of ether oxygens (including phenoxy) is 1. The van der Waals surface area contributed by atoms with Gasteiger partial charge in [0.15, 0.2) is 0 Å². The first-order chi connectivity index (χ1) is 12.1. The summed E-state index contributed by atoms with van der Waals surface area (Å²) in [5.41, 5.74) is 1.23. The maximum absolute atomic E-state index is 12.4. The molecule has 8 heteroatoms. The molecule has 7 nitrogen and oxygen atoms in total. The fraction of sp³-hybridized carbons (Fsp3) is 0.353. The van der Waals surface area contributed by atoms with E-state index in [1.54, 1.807) is 17.4 Å². The van der Waals surface area contributed by atoms with E-state index in [9.17, 15) is 14.9 Å². The third-order valence-electron chi connectivity index (χ3n) is 4.31. The molecule has 1 aromatic carbocycles. The lowest BCUT2D eigenvalue weighted by molar-refractivity contribution is -0.384. The van der Waals surface area contributed by atoms with Gasteiger partial charge >= 0.3 is 0 Å². The molecule has 1 aliphatic heterocycles. The summed E-state index contributed by atoms with van der Waals surface area (Å²) in [5.74, 6) is 0.122. The Hall–Kier alpha value is -2.45. The summed E-state index contributed by atoms with van der Waals surface area (Å²) in [6, 6.07) is 6.71. The lowest BCUT2D eigenvalue weighted by Gasteiger charge is -2.23. The monoisotopic (exact) mass is 361 g/mol. The summed E-state index contributed by atoms with van der Waals surface area (Å²) in [4.78, 5) is 25.2. The highest BCUT2D eigenvalue weighted by molar-refractivity contribution is 7.07. The van der Waals surface area contributed by atoms with Gasteiger partial charge in [-0.15, -0.1) is 0 Å². The molecule has 2 heterocycles. The third kappa shape index (κ3) is 3.97.